The third kappa shape index (κ3) is 3.48. The van der Waals surface area contributed by atoms with Crippen molar-refractivity contribution in [3.8, 4) is 0 Å². The van der Waals surface area contributed by atoms with Crippen molar-refractivity contribution in [1.29, 1.82) is 0 Å². The molecule has 5 nitrogen and oxygen atoms in total. The number of amides is 1. The van der Waals surface area contributed by atoms with Crippen molar-refractivity contribution in [2.75, 3.05) is 26.7 Å². The normalized spacial score (nSPS) is 19.5. The summed E-state index contributed by atoms with van der Waals surface area (Å²) >= 11 is 0. The smallest absolute Gasteiger partial charge is 0.325 e. The molecule has 1 saturated heterocycles. The van der Waals surface area contributed by atoms with Crippen LogP contribution in [0.3, 0.4) is 0 Å². The van der Waals surface area contributed by atoms with Crippen LogP contribution in [-0.2, 0) is 14.3 Å². The predicted molar refractivity (Wildman–Crippen MR) is 59.9 cm³/mol. The molecule has 1 amide bonds. The molecule has 0 spiro atoms. The molecule has 16 heavy (non-hydrogen) atoms. The lowest BCUT2D eigenvalue weighted by atomic mass is 10.2. The lowest BCUT2D eigenvalue weighted by Gasteiger charge is -2.24. The van der Waals surface area contributed by atoms with Crippen LogP contribution in [0.25, 0.3) is 0 Å². The summed E-state index contributed by atoms with van der Waals surface area (Å²) in [6.07, 6.45) is 2.73. The first-order valence-corrected chi connectivity index (χ1v) is 5.78. The Labute approximate surface area is 96.1 Å². The van der Waals surface area contributed by atoms with E-state index in [0.29, 0.717) is 6.54 Å². The second-order valence-corrected chi connectivity index (χ2v) is 3.98. The molecule has 1 atom stereocenters. The maximum atomic E-state index is 12.0. The Balaban J connectivity index is 2.53. The number of ether oxygens (including phenoxy) is 1. The molecule has 0 saturated carbocycles. The minimum absolute atomic E-state index is 0.0183. The van der Waals surface area contributed by atoms with Crippen LogP contribution in [0.2, 0.25) is 0 Å². The summed E-state index contributed by atoms with van der Waals surface area (Å²) < 4.78 is 4.59. The summed E-state index contributed by atoms with van der Waals surface area (Å²) in [7, 11) is 1.34. The van der Waals surface area contributed by atoms with Crippen LogP contribution in [0.15, 0.2) is 0 Å². The molecule has 5 heteroatoms. The zero-order valence-electron chi connectivity index (χ0n) is 9.99. The van der Waals surface area contributed by atoms with Gasteiger partial charge in [0, 0.05) is 6.54 Å². The summed E-state index contributed by atoms with van der Waals surface area (Å²) in [5.74, 6) is -0.343. The molecule has 0 aromatic carbocycles. The fourth-order valence-corrected chi connectivity index (χ4v) is 1.87. The van der Waals surface area contributed by atoms with Gasteiger partial charge in [-0.3, -0.25) is 9.59 Å². The van der Waals surface area contributed by atoms with Crippen molar-refractivity contribution in [3.05, 3.63) is 0 Å². The van der Waals surface area contributed by atoms with Crippen LogP contribution in [-0.4, -0.2) is 49.6 Å². The Morgan fingerprint density at radius 2 is 2.25 bits per heavy atom. The lowest BCUT2D eigenvalue weighted by molar-refractivity contribution is -0.147. The summed E-state index contributed by atoms with van der Waals surface area (Å²) in [4.78, 5) is 24.8. The van der Waals surface area contributed by atoms with E-state index in [4.69, 9.17) is 0 Å². The van der Waals surface area contributed by atoms with E-state index >= 15 is 0 Å². The molecule has 0 radical (unpaired) electrons. The Morgan fingerprint density at radius 1 is 1.50 bits per heavy atom. The maximum Gasteiger partial charge on any atom is 0.325 e. The summed E-state index contributed by atoms with van der Waals surface area (Å²) in [5.41, 5.74) is 0. The maximum absolute atomic E-state index is 12.0. The third-order valence-corrected chi connectivity index (χ3v) is 2.71. The molecule has 1 rings (SSSR count). The van der Waals surface area contributed by atoms with Crippen LogP contribution in [0.1, 0.15) is 26.2 Å². The second-order valence-electron chi connectivity index (χ2n) is 3.98. The average molecular weight is 228 g/mol. The number of methoxy groups -OCH3 is 1. The first kappa shape index (κ1) is 13.0. The van der Waals surface area contributed by atoms with Gasteiger partial charge < -0.3 is 15.0 Å². The van der Waals surface area contributed by atoms with Gasteiger partial charge in [0.15, 0.2) is 0 Å². The van der Waals surface area contributed by atoms with Crippen LogP contribution >= 0.6 is 0 Å². The third-order valence-electron chi connectivity index (χ3n) is 2.71. The molecule has 1 heterocycles. The number of nitrogens with one attached hydrogen (secondary N) is 1. The van der Waals surface area contributed by atoms with Gasteiger partial charge in [-0.05, 0) is 25.8 Å². The monoisotopic (exact) mass is 228 g/mol. The first-order valence-electron chi connectivity index (χ1n) is 5.78. The largest absolute Gasteiger partial charge is 0.468 e. The second kappa shape index (κ2) is 6.48. The lowest BCUT2D eigenvalue weighted by Crippen LogP contribution is -2.46. The highest BCUT2D eigenvalue weighted by atomic mass is 16.5. The molecule has 0 aliphatic carbocycles. The number of rotatable bonds is 5. The van der Waals surface area contributed by atoms with Crippen molar-refractivity contribution in [3.63, 3.8) is 0 Å². The van der Waals surface area contributed by atoms with Crippen molar-refractivity contribution in [2.45, 2.75) is 32.2 Å². The van der Waals surface area contributed by atoms with Gasteiger partial charge in [0.1, 0.15) is 6.54 Å². The molecular weight excluding hydrogens is 208 g/mol. The molecular formula is C11H20N2O3. The van der Waals surface area contributed by atoms with E-state index < -0.39 is 0 Å². The van der Waals surface area contributed by atoms with Gasteiger partial charge in [0.25, 0.3) is 0 Å². The van der Waals surface area contributed by atoms with Crippen molar-refractivity contribution >= 4 is 11.9 Å². The SMILES string of the molecule is CCCN(CC(=O)OC)C(=O)[C@@H]1CCCN1. The molecule has 1 N–H and O–H groups in total. The van der Waals surface area contributed by atoms with Crippen molar-refractivity contribution < 1.29 is 14.3 Å². The molecule has 1 fully saturated rings. The minimum atomic E-state index is -0.361. The van der Waals surface area contributed by atoms with E-state index in [-0.39, 0.29) is 24.5 Å². The first-order chi connectivity index (χ1) is 7.69. The topological polar surface area (TPSA) is 58.6 Å². The standard InChI is InChI=1S/C11H20N2O3/c1-3-7-13(8-10(14)16-2)11(15)9-5-4-6-12-9/h9,12H,3-8H2,1-2H3/t9-/m0/s1. The fraction of sp³-hybridized carbons (Fsp3) is 0.818. The number of hydrogen-bond donors (Lipinski definition) is 1. The summed E-state index contributed by atoms with van der Waals surface area (Å²) in [6, 6.07) is -0.115. The summed E-state index contributed by atoms with van der Waals surface area (Å²) in [5, 5.41) is 3.14. The quantitative estimate of drug-likeness (QED) is 0.680. The highest BCUT2D eigenvalue weighted by molar-refractivity contribution is 5.86. The Kier molecular flexibility index (Phi) is 5.25. The molecule has 0 aromatic rings. The van der Waals surface area contributed by atoms with Crippen molar-refractivity contribution in [1.82, 2.24) is 10.2 Å². The fourth-order valence-electron chi connectivity index (χ4n) is 1.87. The predicted octanol–water partition coefficient (Wildman–Crippen LogP) is 0.150. The van der Waals surface area contributed by atoms with E-state index in [9.17, 15) is 9.59 Å². The van der Waals surface area contributed by atoms with Crippen molar-refractivity contribution in [2.24, 2.45) is 0 Å². The van der Waals surface area contributed by atoms with Gasteiger partial charge in [0.05, 0.1) is 13.2 Å². The van der Waals surface area contributed by atoms with E-state index in [1.807, 2.05) is 6.92 Å². The Hall–Kier alpha value is -1.10. The number of hydrogen-bond acceptors (Lipinski definition) is 4. The highest BCUT2D eigenvalue weighted by Gasteiger charge is 2.27. The highest BCUT2D eigenvalue weighted by Crippen LogP contribution is 2.09. The number of esters is 1. The molecule has 0 bridgehead atoms. The Morgan fingerprint density at radius 3 is 2.75 bits per heavy atom. The van der Waals surface area contributed by atoms with E-state index in [2.05, 4.69) is 10.1 Å². The average Bonchev–Trinajstić information content (AvgIpc) is 2.80. The van der Waals surface area contributed by atoms with Gasteiger partial charge in [0.2, 0.25) is 5.91 Å². The zero-order valence-corrected chi connectivity index (χ0v) is 9.99. The number of carbonyl (C=O) groups excluding carboxylic acids is 2. The molecule has 1 aliphatic rings. The number of carbonyl (C=O) groups is 2. The van der Waals surface area contributed by atoms with Gasteiger partial charge in [-0.1, -0.05) is 6.92 Å². The number of nitrogens with zero attached hydrogens (tertiary/aromatic N) is 1. The van der Waals surface area contributed by atoms with Gasteiger partial charge >= 0.3 is 5.97 Å². The molecule has 1 aliphatic heterocycles. The van der Waals surface area contributed by atoms with E-state index in [1.165, 1.54) is 7.11 Å². The Bertz CT molecular complexity index is 250. The van der Waals surface area contributed by atoms with E-state index in [0.717, 1.165) is 25.8 Å². The molecule has 0 aromatic heterocycles. The van der Waals surface area contributed by atoms with Crippen LogP contribution in [0.5, 0.6) is 0 Å². The van der Waals surface area contributed by atoms with E-state index in [1.54, 1.807) is 4.90 Å². The van der Waals surface area contributed by atoms with Crippen LogP contribution < -0.4 is 5.32 Å². The van der Waals surface area contributed by atoms with Gasteiger partial charge in [-0.15, -0.1) is 0 Å². The van der Waals surface area contributed by atoms with Crippen LogP contribution in [0.4, 0.5) is 0 Å². The molecule has 0 unspecified atom stereocenters. The zero-order chi connectivity index (χ0) is 12.0. The van der Waals surface area contributed by atoms with Gasteiger partial charge in [-0.25, -0.2) is 0 Å². The molecule has 92 valence electrons. The minimum Gasteiger partial charge on any atom is -0.468 e. The van der Waals surface area contributed by atoms with Gasteiger partial charge in [-0.2, -0.15) is 0 Å². The summed E-state index contributed by atoms with van der Waals surface area (Å²) in [6.45, 7) is 3.53. The van der Waals surface area contributed by atoms with Crippen LogP contribution in [0, 0.1) is 0 Å².